The lowest BCUT2D eigenvalue weighted by Crippen LogP contribution is -2.21. The van der Waals surface area contributed by atoms with Crippen molar-refractivity contribution in [3.05, 3.63) is 89.4 Å². The largest absolute Gasteiger partial charge is 0.438 e. The molecule has 1 saturated heterocycles. The van der Waals surface area contributed by atoms with Crippen LogP contribution in [0.4, 0.5) is 18.0 Å². The van der Waals surface area contributed by atoms with Gasteiger partial charge in [0, 0.05) is 17.7 Å². The van der Waals surface area contributed by atoms with Crippen LogP contribution in [0, 0.1) is 17.5 Å². The van der Waals surface area contributed by atoms with Crippen molar-refractivity contribution >= 4 is 6.09 Å². The molecule has 2 heterocycles. The highest BCUT2D eigenvalue weighted by Gasteiger charge is 2.40. The number of aromatic nitrogens is 1. The first kappa shape index (κ1) is 17.1. The lowest BCUT2D eigenvalue weighted by Gasteiger charge is -2.18. The second-order valence-corrected chi connectivity index (χ2v) is 6.04. The number of hydrogen-bond donors (Lipinski definition) is 1. The quantitative estimate of drug-likeness (QED) is 0.728. The highest BCUT2D eigenvalue weighted by Crippen LogP contribution is 2.39. The molecular formula is C20H13F3N2O2. The highest BCUT2D eigenvalue weighted by molar-refractivity contribution is 5.71. The molecule has 1 aliphatic heterocycles. The number of nitrogens with one attached hydrogen (secondary N) is 1. The molecule has 0 bridgehead atoms. The van der Waals surface area contributed by atoms with Crippen LogP contribution in [0.1, 0.15) is 23.4 Å². The zero-order chi connectivity index (χ0) is 19.0. The maximum absolute atomic E-state index is 14.2. The van der Waals surface area contributed by atoms with Crippen molar-refractivity contribution in [3.8, 4) is 11.3 Å². The number of hydrogen-bond acceptors (Lipinski definition) is 3. The monoisotopic (exact) mass is 370 g/mol. The number of amides is 1. The Morgan fingerprint density at radius 1 is 0.926 bits per heavy atom. The summed E-state index contributed by atoms with van der Waals surface area (Å²) in [6.07, 6.45) is -2.14. The molecule has 1 N–H and O–H groups in total. The Morgan fingerprint density at radius 2 is 1.63 bits per heavy atom. The van der Waals surface area contributed by atoms with Crippen LogP contribution in [-0.4, -0.2) is 11.1 Å². The first-order valence-corrected chi connectivity index (χ1v) is 8.17. The van der Waals surface area contributed by atoms with E-state index in [1.165, 1.54) is 0 Å². The van der Waals surface area contributed by atoms with Crippen molar-refractivity contribution < 1.29 is 22.7 Å². The first-order chi connectivity index (χ1) is 13.0. The summed E-state index contributed by atoms with van der Waals surface area (Å²) in [4.78, 5) is 16.3. The molecular weight excluding hydrogens is 357 g/mol. The van der Waals surface area contributed by atoms with Gasteiger partial charge in [0.2, 0.25) is 0 Å². The Morgan fingerprint density at radius 3 is 2.33 bits per heavy atom. The van der Waals surface area contributed by atoms with Gasteiger partial charge in [-0.3, -0.25) is 4.98 Å². The van der Waals surface area contributed by atoms with Crippen molar-refractivity contribution in [3.63, 3.8) is 0 Å². The average molecular weight is 370 g/mol. The fourth-order valence-corrected chi connectivity index (χ4v) is 3.09. The molecule has 0 saturated carbocycles. The minimum atomic E-state index is -1.31. The lowest BCUT2D eigenvalue weighted by atomic mass is 9.98. The Balaban J connectivity index is 1.76. The second kappa shape index (κ2) is 6.75. The summed E-state index contributed by atoms with van der Waals surface area (Å²) in [7, 11) is 0. The maximum atomic E-state index is 14.2. The topological polar surface area (TPSA) is 51.2 Å². The zero-order valence-corrected chi connectivity index (χ0v) is 13.8. The Bertz CT molecular complexity index is 988. The summed E-state index contributed by atoms with van der Waals surface area (Å²) in [6, 6.07) is 14.6. The summed E-state index contributed by atoms with van der Waals surface area (Å²) in [5, 5.41) is 2.52. The minimum absolute atomic E-state index is 0.371. The van der Waals surface area contributed by atoms with E-state index in [2.05, 4.69) is 10.3 Å². The molecule has 2 atom stereocenters. The number of carbonyl (C=O) groups excluding carboxylic acids is 1. The Kier molecular flexibility index (Phi) is 4.27. The molecule has 1 fully saturated rings. The van der Waals surface area contributed by atoms with Crippen molar-refractivity contribution in [2.75, 3.05) is 0 Å². The molecule has 1 amide bonds. The number of rotatable bonds is 3. The summed E-state index contributed by atoms with van der Waals surface area (Å²) in [6.45, 7) is 0. The van der Waals surface area contributed by atoms with E-state index in [9.17, 15) is 18.0 Å². The molecule has 2 aromatic carbocycles. The van der Waals surface area contributed by atoms with Crippen LogP contribution in [0.25, 0.3) is 11.3 Å². The number of halogens is 3. The van der Waals surface area contributed by atoms with Gasteiger partial charge in [-0.15, -0.1) is 0 Å². The SMILES string of the molecule is O=C1N[C@@H](c2cccc(-c3ccccc3)n2)[C@H](c2c(F)cc(F)cc2F)O1. The van der Waals surface area contributed by atoms with Gasteiger partial charge in [0.25, 0.3) is 0 Å². The van der Waals surface area contributed by atoms with Crippen LogP contribution < -0.4 is 5.32 Å². The molecule has 136 valence electrons. The summed E-state index contributed by atoms with van der Waals surface area (Å²) in [5.74, 6) is -3.30. The number of nitrogens with zero attached hydrogens (tertiary/aromatic N) is 1. The fourth-order valence-electron chi connectivity index (χ4n) is 3.09. The standard InChI is InChI=1S/C20H13F3N2O2/c21-12-9-13(22)17(14(23)10-12)19-18(25-20(26)27-19)16-8-4-7-15(24-16)11-5-2-1-3-6-11/h1-10,18-19H,(H,25,26)/t18-,19-/m0/s1. The van der Waals surface area contributed by atoms with Gasteiger partial charge in [-0.25, -0.2) is 18.0 Å². The molecule has 1 aromatic heterocycles. The van der Waals surface area contributed by atoms with E-state index in [1.54, 1.807) is 18.2 Å². The lowest BCUT2D eigenvalue weighted by molar-refractivity contribution is 0.127. The molecule has 0 unspecified atom stereocenters. The van der Waals surface area contributed by atoms with Gasteiger partial charge in [-0.2, -0.15) is 0 Å². The fraction of sp³-hybridized carbons (Fsp3) is 0.100. The second-order valence-electron chi connectivity index (χ2n) is 6.04. The van der Waals surface area contributed by atoms with Crippen LogP contribution in [0.15, 0.2) is 60.7 Å². The third kappa shape index (κ3) is 3.23. The van der Waals surface area contributed by atoms with Gasteiger partial charge in [-0.05, 0) is 12.1 Å². The molecule has 0 spiro atoms. The number of carbonyl (C=O) groups is 1. The number of alkyl carbamates (subject to hydrolysis) is 1. The molecule has 27 heavy (non-hydrogen) atoms. The van der Waals surface area contributed by atoms with Gasteiger partial charge >= 0.3 is 6.09 Å². The normalized spacial score (nSPS) is 18.9. The molecule has 3 aromatic rings. The number of benzene rings is 2. The van der Waals surface area contributed by atoms with E-state index in [0.717, 1.165) is 5.56 Å². The maximum Gasteiger partial charge on any atom is 0.408 e. The molecule has 4 rings (SSSR count). The van der Waals surface area contributed by atoms with Crippen molar-refractivity contribution in [2.45, 2.75) is 12.1 Å². The smallest absolute Gasteiger partial charge is 0.408 e. The van der Waals surface area contributed by atoms with E-state index in [1.807, 2.05) is 30.3 Å². The van der Waals surface area contributed by atoms with Crippen molar-refractivity contribution in [1.82, 2.24) is 10.3 Å². The average Bonchev–Trinajstić information content (AvgIpc) is 3.03. The van der Waals surface area contributed by atoms with E-state index in [0.29, 0.717) is 23.5 Å². The van der Waals surface area contributed by atoms with E-state index in [-0.39, 0.29) is 0 Å². The predicted octanol–water partition coefficient (Wildman–Crippen LogP) is 4.69. The van der Waals surface area contributed by atoms with E-state index < -0.39 is 41.3 Å². The summed E-state index contributed by atoms with van der Waals surface area (Å²) >= 11 is 0. The van der Waals surface area contributed by atoms with Gasteiger partial charge < -0.3 is 10.1 Å². The number of ether oxygens (including phenoxy) is 1. The van der Waals surface area contributed by atoms with Crippen LogP contribution in [0.5, 0.6) is 0 Å². The highest BCUT2D eigenvalue weighted by atomic mass is 19.1. The molecule has 4 nitrogen and oxygen atoms in total. The third-order valence-electron chi connectivity index (χ3n) is 4.30. The van der Waals surface area contributed by atoms with Crippen LogP contribution in [0.3, 0.4) is 0 Å². The Hall–Kier alpha value is -3.35. The third-order valence-corrected chi connectivity index (χ3v) is 4.30. The van der Waals surface area contributed by atoms with Crippen LogP contribution in [0.2, 0.25) is 0 Å². The number of cyclic esters (lactones) is 1. The number of pyridine rings is 1. The van der Waals surface area contributed by atoms with Crippen molar-refractivity contribution in [2.24, 2.45) is 0 Å². The van der Waals surface area contributed by atoms with Crippen LogP contribution >= 0.6 is 0 Å². The first-order valence-electron chi connectivity index (χ1n) is 8.17. The summed E-state index contributed by atoms with van der Waals surface area (Å²) < 4.78 is 46.7. The Labute approximate surface area is 152 Å². The molecule has 0 radical (unpaired) electrons. The molecule has 7 heteroatoms. The van der Waals surface area contributed by atoms with Crippen molar-refractivity contribution in [1.29, 1.82) is 0 Å². The zero-order valence-electron chi connectivity index (χ0n) is 13.8. The minimum Gasteiger partial charge on any atom is -0.438 e. The van der Waals surface area contributed by atoms with E-state index >= 15 is 0 Å². The van der Waals surface area contributed by atoms with Gasteiger partial charge in [0.05, 0.1) is 17.0 Å². The predicted molar refractivity (Wildman–Crippen MR) is 91.1 cm³/mol. The van der Waals surface area contributed by atoms with Gasteiger partial charge in [-0.1, -0.05) is 36.4 Å². The van der Waals surface area contributed by atoms with Gasteiger partial charge in [0.15, 0.2) is 6.10 Å². The van der Waals surface area contributed by atoms with Crippen LogP contribution in [-0.2, 0) is 4.74 Å². The summed E-state index contributed by atoms with van der Waals surface area (Å²) in [5.41, 5.74) is 1.33. The molecule has 0 aliphatic carbocycles. The molecule has 1 aliphatic rings. The van der Waals surface area contributed by atoms with E-state index in [4.69, 9.17) is 4.74 Å². The van der Waals surface area contributed by atoms with Gasteiger partial charge in [0.1, 0.15) is 23.5 Å².